The number of nitrogens with zero attached hydrogens (tertiary/aromatic N) is 7. The number of carbonyl (C=O) groups is 1. The van der Waals surface area contributed by atoms with Gasteiger partial charge in [-0.3, -0.25) is 4.79 Å². The Morgan fingerprint density at radius 3 is 2.47 bits per heavy atom. The molecule has 9 heteroatoms. The van der Waals surface area contributed by atoms with Crippen LogP contribution < -0.4 is 5.32 Å². The van der Waals surface area contributed by atoms with E-state index in [0.717, 1.165) is 22.5 Å². The molecule has 32 heavy (non-hydrogen) atoms. The van der Waals surface area contributed by atoms with Crippen molar-refractivity contribution in [3.05, 3.63) is 95.8 Å². The van der Waals surface area contributed by atoms with Gasteiger partial charge < -0.3 is 5.32 Å². The second-order valence-electron chi connectivity index (χ2n) is 7.02. The molecule has 0 saturated carbocycles. The van der Waals surface area contributed by atoms with Gasteiger partial charge in [-0.05, 0) is 47.7 Å². The minimum atomic E-state index is -0.182. The van der Waals surface area contributed by atoms with Gasteiger partial charge in [0.25, 0.3) is 5.91 Å². The van der Waals surface area contributed by atoms with Crippen LogP contribution in [0.4, 0.5) is 0 Å². The third-order valence-corrected chi connectivity index (χ3v) is 4.93. The van der Waals surface area contributed by atoms with Gasteiger partial charge in [-0.2, -0.15) is 5.10 Å². The SMILES string of the molecule is Cc1nn(-c2ccc3nnnn3n2)c(-c2ccccc2)c1/C=C/NC(=O)c1ccccc1. The first-order valence-electron chi connectivity index (χ1n) is 9.94. The van der Waals surface area contributed by atoms with Crippen molar-refractivity contribution >= 4 is 17.6 Å². The highest BCUT2D eigenvalue weighted by Crippen LogP contribution is 2.29. The molecule has 2 aromatic carbocycles. The Balaban J connectivity index is 1.56. The molecule has 0 aliphatic carbocycles. The molecule has 1 N–H and O–H groups in total. The average Bonchev–Trinajstić information content (AvgIpc) is 3.44. The second kappa shape index (κ2) is 8.23. The van der Waals surface area contributed by atoms with E-state index in [0.29, 0.717) is 17.0 Å². The third kappa shape index (κ3) is 3.63. The van der Waals surface area contributed by atoms with Gasteiger partial charge in [-0.25, -0.2) is 4.68 Å². The maximum atomic E-state index is 12.4. The average molecular weight is 422 g/mol. The summed E-state index contributed by atoms with van der Waals surface area (Å²) in [6.45, 7) is 1.91. The molecule has 5 rings (SSSR count). The molecule has 9 nitrogen and oxygen atoms in total. The summed E-state index contributed by atoms with van der Waals surface area (Å²) in [4.78, 5) is 12.4. The summed E-state index contributed by atoms with van der Waals surface area (Å²) in [6.07, 6.45) is 3.48. The summed E-state index contributed by atoms with van der Waals surface area (Å²) in [6, 6.07) is 22.5. The van der Waals surface area contributed by atoms with E-state index in [1.54, 1.807) is 29.1 Å². The first kappa shape index (κ1) is 19.3. The van der Waals surface area contributed by atoms with Crippen LogP contribution in [0.1, 0.15) is 21.6 Å². The fraction of sp³-hybridized carbons (Fsp3) is 0.0435. The monoisotopic (exact) mass is 422 g/mol. The minimum absolute atomic E-state index is 0.182. The Kier molecular flexibility index (Phi) is 4.97. The van der Waals surface area contributed by atoms with Gasteiger partial charge in [0.1, 0.15) is 0 Å². The Labute approximate surface area is 183 Å². The summed E-state index contributed by atoms with van der Waals surface area (Å²) in [7, 11) is 0. The van der Waals surface area contributed by atoms with Crippen molar-refractivity contribution in [2.24, 2.45) is 0 Å². The van der Waals surface area contributed by atoms with E-state index in [1.165, 1.54) is 4.63 Å². The number of aromatic nitrogens is 7. The lowest BCUT2D eigenvalue weighted by Gasteiger charge is -2.08. The summed E-state index contributed by atoms with van der Waals surface area (Å²) < 4.78 is 3.11. The molecule has 3 aromatic heterocycles. The van der Waals surface area contributed by atoms with Gasteiger partial charge in [-0.1, -0.05) is 48.5 Å². The molecule has 1 amide bonds. The van der Waals surface area contributed by atoms with Crippen LogP contribution in [0.2, 0.25) is 0 Å². The van der Waals surface area contributed by atoms with E-state index in [9.17, 15) is 4.79 Å². The molecule has 0 radical (unpaired) electrons. The Bertz CT molecular complexity index is 1420. The fourth-order valence-electron chi connectivity index (χ4n) is 3.41. The molecule has 0 unspecified atom stereocenters. The molecule has 156 valence electrons. The van der Waals surface area contributed by atoms with E-state index < -0.39 is 0 Å². The van der Waals surface area contributed by atoms with E-state index in [4.69, 9.17) is 5.10 Å². The number of tetrazole rings is 1. The number of amides is 1. The van der Waals surface area contributed by atoms with Crippen molar-refractivity contribution in [1.82, 2.24) is 40.4 Å². The van der Waals surface area contributed by atoms with Crippen molar-refractivity contribution in [2.75, 3.05) is 0 Å². The Hall–Kier alpha value is -4.66. The van der Waals surface area contributed by atoms with E-state index in [2.05, 4.69) is 25.9 Å². The molecule has 0 aliphatic rings. The lowest BCUT2D eigenvalue weighted by Crippen LogP contribution is -2.16. The predicted molar refractivity (Wildman–Crippen MR) is 119 cm³/mol. The molecule has 0 spiro atoms. The first-order chi connectivity index (χ1) is 15.7. The molecule has 0 aliphatic heterocycles. The molecule has 0 atom stereocenters. The number of nitrogens with one attached hydrogen (secondary N) is 1. The summed E-state index contributed by atoms with van der Waals surface area (Å²) in [5, 5.41) is 23.4. The predicted octanol–water partition coefficient (Wildman–Crippen LogP) is 3.08. The number of benzene rings is 2. The molecule has 3 heterocycles. The maximum Gasteiger partial charge on any atom is 0.255 e. The van der Waals surface area contributed by atoms with E-state index >= 15 is 0 Å². The zero-order valence-corrected chi connectivity index (χ0v) is 17.1. The van der Waals surface area contributed by atoms with Crippen LogP contribution in [0.25, 0.3) is 28.8 Å². The minimum Gasteiger partial charge on any atom is -0.329 e. The Morgan fingerprint density at radius 2 is 1.69 bits per heavy atom. The van der Waals surface area contributed by atoms with Gasteiger partial charge in [0.05, 0.1) is 11.4 Å². The fourth-order valence-corrected chi connectivity index (χ4v) is 3.41. The van der Waals surface area contributed by atoms with Gasteiger partial charge >= 0.3 is 0 Å². The standard InChI is InChI=1S/C23H18N8O/c1-16-19(14-15-24-23(32)18-10-6-3-7-11-18)22(17-8-4-2-5-9-17)30(26-16)21-13-12-20-25-28-29-31(20)27-21/h2-15H,1H3,(H,24,32)/b15-14+. The largest absolute Gasteiger partial charge is 0.329 e. The number of carbonyl (C=O) groups excluding carboxylic acids is 1. The number of hydrogen-bond acceptors (Lipinski definition) is 6. The highest BCUT2D eigenvalue weighted by atomic mass is 16.1. The number of rotatable bonds is 5. The molecule has 5 aromatic rings. The topological polar surface area (TPSA) is 103 Å². The molecular weight excluding hydrogens is 404 g/mol. The van der Waals surface area contributed by atoms with Crippen LogP contribution in [0, 0.1) is 6.92 Å². The van der Waals surface area contributed by atoms with E-state index in [1.807, 2.05) is 67.6 Å². The van der Waals surface area contributed by atoms with Crippen LogP contribution in [-0.4, -0.2) is 40.9 Å². The van der Waals surface area contributed by atoms with Gasteiger partial charge in [-0.15, -0.1) is 14.8 Å². The summed E-state index contributed by atoms with van der Waals surface area (Å²) >= 11 is 0. The maximum absolute atomic E-state index is 12.4. The molecule has 0 bridgehead atoms. The summed E-state index contributed by atoms with van der Waals surface area (Å²) in [5.41, 5.74) is 4.58. The zero-order valence-electron chi connectivity index (χ0n) is 17.1. The van der Waals surface area contributed by atoms with Crippen LogP contribution >= 0.6 is 0 Å². The zero-order chi connectivity index (χ0) is 21.9. The third-order valence-electron chi connectivity index (χ3n) is 4.93. The van der Waals surface area contributed by atoms with Crippen LogP contribution in [-0.2, 0) is 0 Å². The second-order valence-corrected chi connectivity index (χ2v) is 7.02. The van der Waals surface area contributed by atoms with E-state index in [-0.39, 0.29) is 5.91 Å². The lowest BCUT2D eigenvalue weighted by molar-refractivity contribution is 0.0970. The summed E-state index contributed by atoms with van der Waals surface area (Å²) in [5.74, 6) is 0.388. The van der Waals surface area contributed by atoms with Crippen LogP contribution in [0.15, 0.2) is 79.0 Å². The van der Waals surface area contributed by atoms with Crippen molar-refractivity contribution in [3.63, 3.8) is 0 Å². The highest BCUT2D eigenvalue weighted by molar-refractivity contribution is 5.95. The number of aryl methyl sites for hydroxylation is 1. The van der Waals surface area contributed by atoms with Crippen LogP contribution in [0.5, 0.6) is 0 Å². The van der Waals surface area contributed by atoms with Crippen molar-refractivity contribution < 1.29 is 4.79 Å². The molecular formula is C23H18N8O. The van der Waals surface area contributed by atoms with Crippen molar-refractivity contribution in [3.8, 4) is 17.1 Å². The highest BCUT2D eigenvalue weighted by Gasteiger charge is 2.18. The van der Waals surface area contributed by atoms with Gasteiger partial charge in [0.2, 0.25) is 0 Å². The van der Waals surface area contributed by atoms with Crippen LogP contribution in [0.3, 0.4) is 0 Å². The van der Waals surface area contributed by atoms with Crippen molar-refractivity contribution in [2.45, 2.75) is 6.92 Å². The first-order valence-corrected chi connectivity index (χ1v) is 9.94. The lowest BCUT2D eigenvalue weighted by atomic mass is 10.1. The molecule has 0 saturated heterocycles. The van der Waals surface area contributed by atoms with Crippen molar-refractivity contribution in [1.29, 1.82) is 0 Å². The van der Waals surface area contributed by atoms with Gasteiger partial charge in [0.15, 0.2) is 11.5 Å². The smallest absolute Gasteiger partial charge is 0.255 e. The quantitative estimate of drug-likeness (QED) is 0.467. The normalized spacial score (nSPS) is 11.3. The Morgan fingerprint density at radius 1 is 0.938 bits per heavy atom. The number of fused-ring (bicyclic) bond motifs is 1. The molecule has 0 fully saturated rings. The number of hydrogen-bond donors (Lipinski definition) is 1. The van der Waals surface area contributed by atoms with Gasteiger partial charge in [0, 0.05) is 22.9 Å².